The van der Waals surface area contributed by atoms with Crippen LogP contribution < -0.4 is 5.43 Å². The highest BCUT2D eigenvalue weighted by atomic mass is 16.6. The number of carbonyl (C=O) groups is 1. The Morgan fingerprint density at radius 1 is 1.61 bits per heavy atom. The van der Waals surface area contributed by atoms with E-state index in [1.165, 1.54) is 16.8 Å². The molecule has 1 aromatic heterocycles. The van der Waals surface area contributed by atoms with Crippen LogP contribution in [0, 0.1) is 10.1 Å². The SMILES string of the molecule is CCCCC(=O)NN=Cc1ccc([N+](=O)[O-])n1C. The predicted octanol–water partition coefficient (Wildman–Crippen LogP) is 1.57. The molecule has 0 unspecified atom stereocenters. The molecule has 0 radical (unpaired) electrons. The Morgan fingerprint density at radius 3 is 2.89 bits per heavy atom. The molecule has 0 aliphatic heterocycles. The molecular formula is C11H16N4O3. The van der Waals surface area contributed by atoms with Gasteiger partial charge in [0.25, 0.3) is 0 Å². The van der Waals surface area contributed by atoms with Crippen molar-refractivity contribution in [3.63, 3.8) is 0 Å². The number of nitrogens with zero attached hydrogens (tertiary/aromatic N) is 3. The van der Waals surface area contributed by atoms with Crippen molar-refractivity contribution >= 4 is 17.9 Å². The van der Waals surface area contributed by atoms with Gasteiger partial charge in [0.05, 0.1) is 13.3 Å². The number of hydrazone groups is 1. The molecule has 1 N–H and O–H groups in total. The van der Waals surface area contributed by atoms with Gasteiger partial charge in [0, 0.05) is 12.5 Å². The number of aromatic nitrogens is 1. The first-order chi connectivity index (χ1) is 8.56. The van der Waals surface area contributed by atoms with E-state index in [-0.39, 0.29) is 11.7 Å². The third kappa shape index (κ3) is 3.69. The first-order valence-corrected chi connectivity index (χ1v) is 5.68. The van der Waals surface area contributed by atoms with E-state index in [0.717, 1.165) is 12.8 Å². The molecule has 7 heteroatoms. The fraction of sp³-hybridized carbons (Fsp3) is 0.455. The molecule has 0 spiro atoms. The first-order valence-electron chi connectivity index (χ1n) is 5.68. The highest BCUT2D eigenvalue weighted by molar-refractivity contribution is 5.81. The van der Waals surface area contributed by atoms with E-state index in [0.29, 0.717) is 12.1 Å². The fourth-order valence-electron chi connectivity index (χ4n) is 1.39. The van der Waals surface area contributed by atoms with Crippen LogP contribution in [0.25, 0.3) is 0 Å². The van der Waals surface area contributed by atoms with Crippen LogP contribution in [-0.4, -0.2) is 21.6 Å². The molecule has 7 nitrogen and oxygen atoms in total. The molecule has 0 bridgehead atoms. The summed E-state index contributed by atoms with van der Waals surface area (Å²) < 4.78 is 1.39. The number of hydrogen-bond donors (Lipinski definition) is 1. The van der Waals surface area contributed by atoms with Crippen LogP contribution in [0.4, 0.5) is 5.82 Å². The van der Waals surface area contributed by atoms with Gasteiger partial charge in [-0.25, -0.2) is 9.99 Å². The summed E-state index contributed by atoms with van der Waals surface area (Å²) in [7, 11) is 1.57. The maximum absolute atomic E-state index is 11.3. The third-order valence-corrected chi connectivity index (χ3v) is 2.46. The van der Waals surface area contributed by atoms with E-state index < -0.39 is 4.92 Å². The van der Waals surface area contributed by atoms with Gasteiger partial charge in [0.1, 0.15) is 5.69 Å². The lowest BCUT2D eigenvalue weighted by molar-refractivity contribution is -0.391. The second-order valence-electron chi connectivity index (χ2n) is 3.83. The molecule has 1 heterocycles. The van der Waals surface area contributed by atoms with Gasteiger partial charge < -0.3 is 10.1 Å². The molecule has 0 aromatic carbocycles. The molecule has 0 aliphatic carbocycles. The summed E-state index contributed by atoms with van der Waals surface area (Å²) in [4.78, 5) is 21.4. The Labute approximate surface area is 105 Å². The predicted molar refractivity (Wildman–Crippen MR) is 67.3 cm³/mol. The number of unbranched alkanes of at least 4 members (excludes halogenated alkanes) is 1. The van der Waals surface area contributed by atoms with E-state index in [1.807, 2.05) is 6.92 Å². The molecule has 98 valence electrons. The normalized spacial score (nSPS) is 10.8. The minimum Gasteiger partial charge on any atom is -0.358 e. The summed E-state index contributed by atoms with van der Waals surface area (Å²) in [5.41, 5.74) is 2.93. The number of carbonyl (C=O) groups excluding carboxylic acids is 1. The first kappa shape index (κ1) is 13.9. The summed E-state index contributed by atoms with van der Waals surface area (Å²) >= 11 is 0. The lowest BCUT2D eigenvalue weighted by Crippen LogP contribution is -2.17. The van der Waals surface area contributed by atoms with Crippen molar-refractivity contribution in [1.29, 1.82) is 0 Å². The largest absolute Gasteiger partial charge is 0.358 e. The summed E-state index contributed by atoms with van der Waals surface area (Å²) in [6, 6.07) is 2.96. The summed E-state index contributed by atoms with van der Waals surface area (Å²) in [5, 5.41) is 14.4. The lowest BCUT2D eigenvalue weighted by atomic mass is 10.2. The van der Waals surface area contributed by atoms with E-state index in [2.05, 4.69) is 10.5 Å². The van der Waals surface area contributed by atoms with E-state index in [4.69, 9.17) is 0 Å². The monoisotopic (exact) mass is 252 g/mol. The highest BCUT2D eigenvalue weighted by Gasteiger charge is 2.12. The highest BCUT2D eigenvalue weighted by Crippen LogP contribution is 2.13. The maximum atomic E-state index is 11.3. The van der Waals surface area contributed by atoms with Gasteiger partial charge in [-0.3, -0.25) is 4.79 Å². The van der Waals surface area contributed by atoms with Crippen molar-refractivity contribution in [3.05, 3.63) is 27.9 Å². The van der Waals surface area contributed by atoms with Gasteiger partial charge in [0.15, 0.2) is 0 Å². The van der Waals surface area contributed by atoms with E-state index in [1.54, 1.807) is 13.1 Å². The Balaban J connectivity index is 2.57. The lowest BCUT2D eigenvalue weighted by Gasteiger charge is -1.98. The standard InChI is InChI=1S/C11H16N4O3/c1-3-4-5-10(16)13-12-8-9-6-7-11(14(9)2)15(17)18/h6-8H,3-5H2,1-2H3,(H,13,16). The smallest absolute Gasteiger partial charge is 0.323 e. The number of nitro groups is 1. The molecule has 0 atom stereocenters. The van der Waals surface area contributed by atoms with Crippen LogP contribution in [0.2, 0.25) is 0 Å². The van der Waals surface area contributed by atoms with Crippen LogP contribution >= 0.6 is 0 Å². The zero-order chi connectivity index (χ0) is 13.5. The maximum Gasteiger partial charge on any atom is 0.323 e. The summed E-state index contributed by atoms with van der Waals surface area (Å²) in [5.74, 6) is -0.175. The van der Waals surface area contributed by atoms with Gasteiger partial charge >= 0.3 is 5.82 Å². The molecule has 0 fully saturated rings. The number of amides is 1. The summed E-state index contributed by atoms with van der Waals surface area (Å²) in [6.07, 6.45) is 3.58. The van der Waals surface area contributed by atoms with Crippen LogP contribution in [0.5, 0.6) is 0 Å². The van der Waals surface area contributed by atoms with Crippen molar-refractivity contribution in [3.8, 4) is 0 Å². The quantitative estimate of drug-likeness (QED) is 0.473. The van der Waals surface area contributed by atoms with Gasteiger partial charge in [0.2, 0.25) is 5.91 Å². The van der Waals surface area contributed by atoms with Crippen molar-refractivity contribution in [2.75, 3.05) is 0 Å². The second kappa shape index (κ2) is 6.53. The Hall–Kier alpha value is -2.18. The average Bonchev–Trinajstić information content (AvgIpc) is 2.68. The van der Waals surface area contributed by atoms with Gasteiger partial charge in [-0.1, -0.05) is 13.3 Å². The Bertz CT molecular complexity index is 465. The third-order valence-electron chi connectivity index (χ3n) is 2.46. The van der Waals surface area contributed by atoms with E-state index in [9.17, 15) is 14.9 Å². The van der Waals surface area contributed by atoms with Crippen molar-refractivity contribution in [1.82, 2.24) is 9.99 Å². The summed E-state index contributed by atoms with van der Waals surface area (Å²) in [6.45, 7) is 2.00. The van der Waals surface area contributed by atoms with Crippen LogP contribution in [-0.2, 0) is 11.8 Å². The van der Waals surface area contributed by atoms with Crippen molar-refractivity contribution < 1.29 is 9.72 Å². The second-order valence-corrected chi connectivity index (χ2v) is 3.83. The molecule has 1 aromatic rings. The zero-order valence-corrected chi connectivity index (χ0v) is 10.4. The molecule has 0 aliphatic rings. The molecule has 0 saturated heterocycles. The number of rotatable bonds is 6. The Morgan fingerprint density at radius 2 is 2.33 bits per heavy atom. The molecule has 18 heavy (non-hydrogen) atoms. The van der Waals surface area contributed by atoms with Crippen molar-refractivity contribution in [2.24, 2.45) is 12.1 Å². The topological polar surface area (TPSA) is 89.5 Å². The Kier molecular flexibility index (Phi) is 5.04. The minimum atomic E-state index is -0.475. The molecule has 1 rings (SSSR count). The molecule has 0 saturated carbocycles. The van der Waals surface area contributed by atoms with Crippen molar-refractivity contribution in [2.45, 2.75) is 26.2 Å². The molecular weight excluding hydrogens is 236 g/mol. The molecule has 1 amide bonds. The van der Waals surface area contributed by atoms with Gasteiger partial charge in [-0.05, 0) is 17.4 Å². The number of hydrogen-bond acceptors (Lipinski definition) is 4. The van der Waals surface area contributed by atoms with Gasteiger partial charge in [-0.2, -0.15) is 5.10 Å². The van der Waals surface area contributed by atoms with Crippen LogP contribution in [0.3, 0.4) is 0 Å². The zero-order valence-electron chi connectivity index (χ0n) is 10.4. The minimum absolute atomic E-state index is 0.0197. The van der Waals surface area contributed by atoms with Crippen LogP contribution in [0.1, 0.15) is 31.9 Å². The van der Waals surface area contributed by atoms with E-state index >= 15 is 0 Å². The number of nitrogens with one attached hydrogen (secondary N) is 1. The average molecular weight is 252 g/mol. The fourth-order valence-corrected chi connectivity index (χ4v) is 1.39. The van der Waals surface area contributed by atoms with Crippen LogP contribution in [0.15, 0.2) is 17.2 Å². The van der Waals surface area contributed by atoms with Gasteiger partial charge in [-0.15, -0.1) is 0 Å².